The van der Waals surface area contributed by atoms with Crippen molar-refractivity contribution in [2.75, 3.05) is 25.3 Å². The third-order valence-electron chi connectivity index (χ3n) is 4.74. The van der Waals surface area contributed by atoms with E-state index in [1.807, 2.05) is 6.07 Å². The molecule has 0 fully saturated rings. The first kappa shape index (κ1) is 22.4. The molecule has 33 heavy (non-hydrogen) atoms. The fourth-order valence-corrected chi connectivity index (χ4v) is 3.89. The van der Waals surface area contributed by atoms with Crippen molar-refractivity contribution in [2.24, 2.45) is 0 Å². The van der Waals surface area contributed by atoms with Crippen molar-refractivity contribution in [1.82, 2.24) is 14.8 Å². The highest BCUT2D eigenvalue weighted by Crippen LogP contribution is 2.30. The summed E-state index contributed by atoms with van der Waals surface area (Å²) in [6.45, 7) is 0.292. The lowest BCUT2D eigenvalue weighted by molar-refractivity contribution is -0.113. The van der Waals surface area contributed by atoms with Gasteiger partial charge in [0.15, 0.2) is 11.0 Å². The third kappa shape index (κ3) is 5.17. The number of amides is 1. The molecular formula is C23H21FN4O4S. The highest BCUT2D eigenvalue weighted by Gasteiger charge is 2.19. The Balaban J connectivity index is 1.53. The zero-order valence-corrected chi connectivity index (χ0v) is 18.8. The summed E-state index contributed by atoms with van der Waals surface area (Å²) < 4.78 is 32.1. The van der Waals surface area contributed by atoms with Crippen LogP contribution in [-0.4, -0.2) is 40.6 Å². The van der Waals surface area contributed by atoms with E-state index < -0.39 is 5.82 Å². The summed E-state index contributed by atoms with van der Waals surface area (Å²) >= 11 is 1.19. The molecule has 0 bridgehead atoms. The Kier molecular flexibility index (Phi) is 6.94. The van der Waals surface area contributed by atoms with Crippen LogP contribution in [0.2, 0.25) is 0 Å². The number of benzene rings is 2. The topological polar surface area (TPSA) is 91.4 Å². The summed E-state index contributed by atoms with van der Waals surface area (Å²) in [6.07, 6.45) is 1.56. The number of methoxy groups -OCH3 is 2. The van der Waals surface area contributed by atoms with Crippen molar-refractivity contribution in [1.29, 1.82) is 0 Å². The molecule has 0 aliphatic heterocycles. The van der Waals surface area contributed by atoms with E-state index in [2.05, 4.69) is 15.5 Å². The average Bonchev–Trinajstić information content (AvgIpc) is 3.49. The highest BCUT2D eigenvalue weighted by molar-refractivity contribution is 7.99. The van der Waals surface area contributed by atoms with Gasteiger partial charge in [0.05, 0.1) is 44.0 Å². The fourth-order valence-electron chi connectivity index (χ4n) is 3.16. The molecule has 4 aromatic rings. The van der Waals surface area contributed by atoms with Gasteiger partial charge in [-0.25, -0.2) is 4.39 Å². The van der Waals surface area contributed by atoms with E-state index in [0.717, 1.165) is 0 Å². The van der Waals surface area contributed by atoms with Crippen LogP contribution in [0.5, 0.6) is 11.5 Å². The summed E-state index contributed by atoms with van der Waals surface area (Å²) in [7, 11) is 3.07. The van der Waals surface area contributed by atoms with Crippen molar-refractivity contribution in [2.45, 2.75) is 11.7 Å². The number of halogens is 1. The molecule has 2 heterocycles. The predicted octanol–water partition coefficient (Wildman–Crippen LogP) is 4.47. The lowest BCUT2D eigenvalue weighted by Crippen LogP contribution is -2.15. The van der Waals surface area contributed by atoms with Gasteiger partial charge in [-0.3, -0.25) is 9.36 Å². The largest absolute Gasteiger partial charge is 0.497 e. The molecular weight excluding hydrogens is 447 g/mol. The van der Waals surface area contributed by atoms with Crippen LogP contribution in [0, 0.1) is 5.82 Å². The third-order valence-corrected chi connectivity index (χ3v) is 5.71. The Labute approximate surface area is 193 Å². The van der Waals surface area contributed by atoms with Crippen LogP contribution >= 0.6 is 11.8 Å². The summed E-state index contributed by atoms with van der Waals surface area (Å²) in [5, 5.41) is 11.7. The molecule has 0 atom stereocenters. The van der Waals surface area contributed by atoms with Crippen molar-refractivity contribution in [3.8, 4) is 22.9 Å². The number of carbonyl (C=O) groups excluding carboxylic acids is 1. The van der Waals surface area contributed by atoms with Gasteiger partial charge >= 0.3 is 0 Å². The standard InChI is InChI=1S/C23H21FN4O4S/c1-30-15-9-10-19(20(12-15)31-2)25-21(29)14-33-23-27-26-22(17-7-3-4-8-18(17)24)28(23)13-16-6-5-11-32-16/h3-12H,13-14H2,1-2H3,(H,25,29). The molecule has 2 aromatic heterocycles. The molecule has 4 rings (SSSR count). The molecule has 2 aromatic carbocycles. The van der Waals surface area contributed by atoms with Crippen LogP contribution in [0.25, 0.3) is 11.4 Å². The Morgan fingerprint density at radius 1 is 1.12 bits per heavy atom. The minimum Gasteiger partial charge on any atom is -0.497 e. The predicted molar refractivity (Wildman–Crippen MR) is 122 cm³/mol. The zero-order valence-electron chi connectivity index (χ0n) is 17.9. The van der Waals surface area contributed by atoms with Crippen LogP contribution < -0.4 is 14.8 Å². The van der Waals surface area contributed by atoms with Crippen molar-refractivity contribution >= 4 is 23.4 Å². The second kappa shape index (κ2) is 10.2. The summed E-state index contributed by atoms with van der Waals surface area (Å²) in [4.78, 5) is 12.6. The minimum atomic E-state index is -0.411. The SMILES string of the molecule is COc1ccc(NC(=O)CSc2nnc(-c3ccccc3F)n2Cc2ccco2)c(OC)c1. The van der Waals surface area contributed by atoms with E-state index in [4.69, 9.17) is 13.9 Å². The number of nitrogens with zero attached hydrogens (tertiary/aromatic N) is 3. The maximum atomic E-state index is 14.4. The summed E-state index contributed by atoms with van der Waals surface area (Å²) in [6, 6.07) is 15.0. The van der Waals surface area contributed by atoms with E-state index in [1.54, 1.807) is 60.4 Å². The number of furan rings is 1. The molecule has 10 heteroatoms. The highest BCUT2D eigenvalue weighted by atomic mass is 32.2. The lowest BCUT2D eigenvalue weighted by Gasteiger charge is -2.12. The normalized spacial score (nSPS) is 10.8. The van der Waals surface area contributed by atoms with E-state index in [9.17, 15) is 9.18 Å². The van der Waals surface area contributed by atoms with Gasteiger partial charge in [0.1, 0.15) is 23.1 Å². The molecule has 0 unspecified atom stereocenters. The first-order valence-corrected chi connectivity index (χ1v) is 10.9. The van der Waals surface area contributed by atoms with Gasteiger partial charge < -0.3 is 19.2 Å². The summed E-state index contributed by atoms with van der Waals surface area (Å²) in [5.41, 5.74) is 0.837. The maximum absolute atomic E-state index is 14.4. The number of hydrogen-bond acceptors (Lipinski definition) is 7. The van der Waals surface area contributed by atoms with Gasteiger partial charge in [0, 0.05) is 6.07 Å². The maximum Gasteiger partial charge on any atom is 0.234 e. The van der Waals surface area contributed by atoms with E-state index >= 15 is 0 Å². The molecule has 1 amide bonds. The van der Waals surface area contributed by atoms with Crippen LogP contribution in [-0.2, 0) is 11.3 Å². The number of carbonyl (C=O) groups is 1. The molecule has 0 saturated heterocycles. The van der Waals surface area contributed by atoms with Gasteiger partial charge in [-0.2, -0.15) is 0 Å². The molecule has 1 N–H and O–H groups in total. The average molecular weight is 469 g/mol. The second-order valence-corrected chi connectivity index (χ2v) is 7.80. The fraction of sp³-hybridized carbons (Fsp3) is 0.174. The first-order valence-electron chi connectivity index (χ1n) is 9.94. The van der Waals surface area contributed by atoms with E-state index in [0.29, 0.717) is 46.0 Å². The molecule has 170 valence electrons. The number of aromatic nitrogens is 3. The van der Waals surface area contributed by atoms with E-state index in [1.165, 1.54) is 24.9 Å². The van der Waals surface area contributed by atoms with Crippen LogP contribution in [0.4, 0.5) is 10.1 Å². The van der Waals surface area contributed by atoms with Gasteiger partial charge in [-0.1, -0.05) is 23.9 Å². The smallest absolute Gasteiger partial charge is 0.234 e. The van der Waals surface area contributed by atoms with Crippen molar-refractivity contribution < 1.29 is 23.1 Å². The lowest BCUT2D eigenvalue weighted by atomic mass is 10.2. The van der Waals surface area contributed by atoms with Crippen molar-refractivity contribution in [3.05, 3.63) is 72.4 Å². The Bertz CT molecular complexity index is 1240. The van der Waals surface area contributed by atoms with Gasteiger partial charge in [0.25, 0.3) is 0 Å². The Morgan fingerprint density at radius 2 is 1.97 bits per heavy atom. The number of ether oxygens (including phenoxy) is 2. The molecule has 8 nitrogen and oxygen atoms in total. The Morgan fingerprint density at radius 3 is 2.70 bits per heavy atom. The quantitative estimate of drug-likeness (QED) is 0.362. The summed E-state index contributed by atoms with van der Waals surface area (Å²) in [5.74, 6) is 1.49. The van der Waals surface area contributed by atoms with Crippen molar-refractivity contribution in [3.63, 3.8) is 0 Å². The van der Waals surface area contributed by atoms with Crippen LogP contribution in [0.1, 0.15) is 5.76 Å². The van der Waals surface area contributed by atoms with Crippen LogP contribution in [0.3, 0.4) is 0 Å². The first-order chi connectivity index (χ1) is 16.1. The molecule has 0 saturated carbocycles. The number of nitrogens with one attached hydrogen (secondary N) is 1. The molecule has 0 aliphatic rings. The second-order valence-electron chi connectivity index (χ2n) is 6.85. The number of rotatable bonds is 9. The Hall–Kier alpha value is -3.79. The minimum absolute atomic E-state index is 0.0583. The van der Waals surface area contributed by atoms with E-state index in [-0.39, 0.29) is 11.7 Å². The monoisotopic (exact) mass is 468 g/mol. The number of thioether (sulfide) groups is 1. The van der Waals surface area contributed by atoms with Gasteiger partial charge in [-0.05, 0) is 36.4 Å². The zero-order chi connectivity index (χ0) is 23.2. The van der Waals surface area contributed by atoms with Gasteiger partial charge in [-0.15, -0.1) is 10.2 Å². The molecule has 0 spiro atoms. The molecule has 0 aliphatic carbocycles. The number of hydrogen-bond donors (Lipinski definition) is 1. The van der Waals surface area contributed by atoms with Crippen LogP contribution in [0.15, 0.2) is 70.4 Å². The van der Waals surface area contributed by atoms with Gasteiger partial charge in [0.2, 0.25) is 5.91 Å². The molecule has 0 radical (unpaired) electrons. The number of anilines is 1.